The summed E-state index contributed by atoms with van der Waals surface area (Å²) in [4.78, 5) is 4.16. The summed E-state index contributed by atoms with van der Waals surface area (Å²) >= 11 is 0. The van der Waals surface area contributed by atoms with Crippen LogP contribution in [0.2, 0.25) is 0 Å². The van der Waals surface area contributed by atoms with Crippen LogP contribution < -0.4 is 0 Å². The van der Waals surface area contributed by atoms with Gasteiger partial charge in [0, 0.05) is 38.5 Å². The average Bonchev–Trinajstić information content (AvgIpc) is 2.91. The maximum Gasteiger partial charge on any atom is 0.244 e. The lowest BCUT2D eigenvalue weighted by Crippen LogP contribution is -2.50. The molecule has 0 saturated carbocycles. The molecule has 2 aliphatic heterocycles. The predicted molar refractivity (Wildman–Crippen MR) is 80.9 cm³/mol. The Morgan fingerprint density at radius 2 is 2.41 bits per heavy atom. The number of nitrogens with zero attached hydrogens (tertiary/aromatic N) is 2. The highest BCUT2D eigenvalue weighted by atomic mass is 32.2. The second-order valence-electron chi connectivity index (χ2n) is 5.91. The minimum Gasteiger partial charge on any atom is -0.376 e. The molecule has 0 aliphatic carbocycles. The van der Waals surface area contributed by atoms with E-state index in [1.807, 2.05) is 6.92 Å². The zero-order valence-electron chi connectivity index (χ0n) is 12.8. The van der Waals surface area contributed by atoms with E-state index in [2.05, 4.69) is 4.98 Å². The molecule has 0 bridgehead atoms. The number of hydrogen-bond donors (Lipinski definition) is 0. The number of ether oxygens (including phenoxy) is 2. The lowest BCUT2D eigenvalue weighted by molar-refractivity contribution is -0.0353. The van der Waals surface area contributed by atoms with E-state index >= 15 is 0 Å². The van der Waals surface area contributed by atoms with Gasteiger partial charge in [0.15, 0.2) is 0 Å². The van der Waals surface area contributed by atoms with E-state index in [4.69, 9.17) is 9.47 Å². The van der Waals surface area contributed by atoms with Crippen LogP contribution in [0.15, 0.2) is 29.4 Å². The maximum atomic E-state index is 12.7. The van der Waals surface area contributed by atoms with Crippen LogP contribution >= 0.6 is 0 Å². The van der Waals surface area contributed by atoms with E-state index in [1.165, 1.54) is 10.5 Å². The molecular formula is C15H22N2O4S. The third-order valence-electron chi connectivity index (χ3n) is 4.35. The highest BCUT2D eigenvalue weighted by molar-refractivity contribution is 7.89. The van der Waals surface area contributed by atoms with Crippen LogP contribution in [-0.4, -0.2) is 55.7 Å². The first kappa shape index (κ1) is 15.9. The van der Waals surface area contributed by atoms with Crippen LogP contribution in [-0.2, 0) is 19.5 Å². The number of pyridine rings is 1. The molecule has 0 radical (unpaired) electrons. The van der Waals surface area contributed by atoms with Gasteiger partial charge in [0.25, 0.3) is 0 Å². The SMILES string of the molecule is CCO[C@@H]1CO[C@]2(CCCN(S(=O)(=O)c3cccnc3)C2)C1. The fourth-order valence-electron chi connectivity index (χ4n) is 3.34. The predicted octanol–water partition coefficient (Wildman–Crippen LogP) is 1.43. The maximum absolute atomic E-state index is 12.7. The molecule has 2 atom stereocenters. The summed E-state index contributed by atoms with van der Waals surface area (Å²) < 4.78 is 38.6. The molecule has 0 N–H and O–H groups in total. The number of piperidine rings is 1. The van der Waals surface area contributed by atoms with Gasteiger partial charge in [-0.2, -0.15) is 4.31 Å². The molecule has 0 amide bonds. The molecule has 0 unspecified atom stereocenters. The Morgan fingerprint density at radius 1 is 1.55 bits per heavy atom. The van der Waals surface area contributed by atoms with Crippen molar-refractivity contribution in [1.29, 1.82) is 0 Å². The quantitative estimate of drug-likeness (QED) is 0.837. The Labute approximate surface area is 131 Å². The Kier molecular flexibility index (Phi) is 4.49. The summed E-state index contributed by atoms with van der Waals surface area (Å²) in [5, 5.41) is 0. The molecule has 1 aromatic rings. The molecule has 22 heavy (non-hydrogen) atoms. The van der Waals surface area contributed by atoms with Crippen molar-refractivity contribution in [3.63, 3.8) is 0 Å². The van der Waals surface area contributed by atoms with Gasteiger partial charge in [0.05, 0.1) is 18.3 Å². The number of sulfonamides is 1. The highest BCUT2D eigenvalue weighted by Crippen LogP contribution is 2.37. The Bertz CT molecular complexity index is 607. The highest BCUT2D eigenvalue weighted by Gasteiger charge is 2.46. The van der Waals surface area contributed by atoms with Gasteiger partial charge in [-0.3, -0.25) is 4.98 Å². The second kappa shape index (κ2) is 6.23. The molecule has 7 heteroatoms. The first-order valence-electron chi connectivity index (χ1n) is 7.71. The molecule has 2 saturated heterocycles. The van der Waals surface area contributed by atoms with Crippen molar-refractivity contribution in [3.05, 3.63) is 24.5 Å². The van der Waals surface area contributed by atoms with E-state index in [9.17, 15) is 8.42 Å². The normalized spacial score (nSPS) is 30.0. The van der Waals surface area contributed by atoms with Gasteiger partial charge in [-0.1, -0.05) is 0 Å². The molecule has 0 aromatic carbocycles. The molecule has 6 nitrogen and oxygen atoms in total. The lowest BCUT2D eigenvalue weighted by atomic mass is 9.90. The van der Waals surface area contributed by atoms with Gasteiger partial charge < -0.3 is 9.47 Å². The minimum absolute atomic E-state index is 0.0750. The topological polar surface area (TPSA) is 68.7 Å². The van der Waals surface area contributed by atoms with Crippen LogP contribution in [0, 0.1) is 0 Å². The Hall–Kier alpha value is -1.02. The van der Waals surface area contributed by atoms with Crippen LogP contribution in [0.25, 0.3) is 0 Å². The number of rotatable bonds is 4. The van der Waals surface area contributed by atoms with Gasteiger partial charge in [-0.15, -0.1) is 0 Å². The van der Waals surface area contributed by atoms with Crippen molar-refractivity contribution in [2.45, 2.75) is 42.8 Å². The fourth-order valence-corrected chi connectivity index (χ4v) is 4.86. The third-order valence-corrected chi connectivity index (χ3v) is 6.18. The van der Waals surface area contributed by atoms with Gasteiger partial charge in [-0.25, -0.2) is 8.42 Å². The Morgan fingerprint density at radius 3 is 3.14 bits per heavy atom. The van der Waals surface area contributed by atoms with E-state index in [1.54, 1.807) is 18.3 Å². The van der Waals surface area contributed by atoms with Crippen molar-refractivity contribution in [2.75, 3.05) is 26.3 Å². The van der Waals surface area contributed by atoms with Gasteiger partial charge in [0.1, 0.15) is 4.90 Å². The molecular weight excluding hydrogens is 304 g/mol. The first-order chi connectivity index (χ1) is 10.6. The summed E-state index contributed by atoms with van der Waals surface area (Å²) in [5.74, 6) is 0. The molecule has 1 aromatic heterocycles. The number of aromatic nitrogens is 1. The molecule has 3 heterocycles. The van der Waals surface area contributed by atoms with Crippen LogP contribution in [0.5, 0.6) is 0 Å². The smallest absolute Gasteiger partial charge is 0.244 e. The molecule has 1 spiro atoms. The molecule has 2 aliphatic rings. The summed E-state index contributed by atoms with van der Waals surface area (Å²) in [6.45, 7) is 4.09. The van der Waals surface area contributed by atoms with Crippen molar-refractivity contribution in [1.82, 2.24) is 9.29 Å². The largest absolute Gasteiger partial charge is 0.376 e. The standard InChI is InChI=1S/C15H22N2O4S/c1-2-20-13-9-15(21-11-13)6-4-8-17(12-15)22(18,19)14-5-3-7-16-10-14/h3,5,7,10,13H,2,4,6,8-9,11-12H2,1H3/t13-,15+/m0/s1. The summed E-state index contributed by atoms with van der Waals surface area (Å²) in [7, 11) is -3.51. The zero-order valence-corrected chi connectivity index (χ0v) is 13.6. The van der Waals surface area contributed by atoms with E-state index in [0.29, 0.717) is 26.3 Å². The van der Waals surface area contributed by atoms with Crippen molar-refractivity contribution >= 4 is 10.0 Å². The fraction of sp³-hybridized carbons (Fsp3) is 0.667. The first-order valence-corrected chi connectivity index (χ1v) is 9.15. The van der Waals surface area contributed by atoms with E-state index < -0.39 is 15.6 Å². The summed E-state index contributed by atoms with van der Waals surface area (Å²) in [5.41, 5.74) is -0.395. The lowest BCUT2D eigenvalue weighted by Gasteiger charge is -2.38. The minimum atomic E-state index is -3.51. The van der Waals surface area contributed by atoms with Gasteiger partial charge >= 0.3 is 0 Å². The van der Waals surface area contributed by atoms with Crippen LogP contribution in [0.3, 0.4) is 0 Å². The zero-order chi connectivity index (χ0) is 15.6. The van der Waals surface area contributed by atoms with E-state index in [0.717, 1.165) is 19.3 Å². The molecule has 122 valence electrons. The van der Waals surface area contributed by atoms with Crippen LogP contribution in [0.1, 0.15) is 26.2 Å². The summed E-state index contributed by atoms with van der Waals surface area (Å²) in [6.07, 6.45) is 5.50. The average molecular weight is 326 g/mol. The number of hydrogen-bond acceptors (Lipinski definition) is 5. The van der Waals surface area contributed by atoms with E-state index in [-0.39, 0.29) is 11.0 Å². The monoisotopic (exact) mass is 326 g/mol. The van der Waals surface area contributed by atoms with Gasteiger partial charge in [0.2, 0.25) is 10.0 Å². The third kappa shape index (κ3) is 3.03. The summed E-state index contributed by atoms with van der Waals surface area (Å²) in [6, 6.07) is 3.23. The van der Waals surface area contributed by atoms with Crippen molar-refractivity contribution < 1.29 is 17.9 Å². The second-order valence-corrected chi connectivity index (χ2v) is 7.84. The molecule has 2 fully saturated rings. The Balaban J connectivity index is 1.76. The van der Waals surface area contributed by atoms with Crippen molar-refractivity contribution in [2.24, 2.45) is 0 Å². The van der Waals surface area contributed by atoms with Gasteiger partial charge in [-0.05, 0) is 31.9 Å². The van der Waals surface area contributed by atoms with Crippen molar-refractivity contribution in [3.8, 4) is 0 Å². The van der Waals surface area contributed by atoms with Crippen LogP contribution in [0.4, 0.5) is 0 Å². The molecule has 3 rings (SSSR count).